The van der Waals surface area contributed by atoms with E-state index in [-0.39, 0.29) is 0 Å². The first-order chi connectivity index (χ1) is 11.7. The van der Waals surface area contributed by atoms with Crippen molar-refractivity contribution in [3.63, 3.8) is 0 Å². The lowest BCUT2D eigenvalue weighted by Crippen LogP contribution is -1.95. The molecule has 2 nitrogen and oxygen atoms in total. The molecule has 2 heteroatoms. The fraction of sp³-hybridized carbons (Fsp3) is 0.273. The second-order valence-corrected chi connectivity index (χ2v) is 6.50. The molecule has 0 saturated carbocycles. The van der Waals surface area contributed by atoms with Gasteiger partial charge in [0.2, 0.25) is 0 Å². The molecule has 4 aromatic rings. The maximum Gasteiger partial charge on any atom is 0.0483 e. The van der Waals surface area contributed by atoms with E-state index in [1.165, 1.54) is 32.9 Å². The number of hydrogen-bond acceptors (Lipinski definition) is 0. The Kier molecular flexibility index (Phi) is 3.68. The fourth-order valence-corrected chi connectivity index (χ4v) is 3.93. The number of fused-ring (bicyclic) bond motifs is 2. The molecular formula is C22H24N2. The van der Waals surface area contributed by atoms with E-state index in [2.05, 4.69) is 90.8 Å². The van der Waals surface area contributed by atoms with Gasteiger partial charge < -0.3 is 9.13 Å². The van der Waals surface area contributed by atoms with Crippen molar-refractivity contribution in [2.75, 3.05) is 0 Å². The zero-order chi connectivity index (χ0) is 16.7. The molecule has 0 bridgehead atoms. The summed E-state index contributed by atoms with van der Waals surface area (Å²) in [6, 6.07) is 17.5. The Hall–Kier alpha value is -2.48. The van der Waals surface area contributed by atoms with E-state index in [1.807, 2.05) is 0 Å². The molecule has 24 heavy (non-hydrogen) atoms. The van der Waals surface area contributed by atoms with E-state index in [0.29, 0.717) is 5.92 Å². The van der Waals surface area contributed by atoms with Crippen LogP contribution in [0.5, 0.6) is 0 Å². The van der Waals surface area contributed by atoms with Crippen LogP contribution in [0.3, 0.4) is 0 Å². The molecule has 2 aromatic heterocycles. The predicted molar refractivity (Wildman–Crippen MR) is 103 cm³/mol. The molecule has 0 fully saturated rings. The van der Waals surface area contributed by atoms with Crippen molar-refractivity contribution in [3.05, 3.63) is 72.1 Å². The molecule has 4 rings (SSSR count). The van der Waals surface area contributed by atoms with Crippen molar-refractivity contribution >= 4 is 21.8 Å². The van der Waals surface area contributed by atoms with E-state index < -0.39 is 0 Å². The number of nitrogens with zero attached hydrogens (tertiary/aromatic N) is 2. The first kappa shape index (κ1) is 15.1. The fourth-order valence-electron chi connectivity index (χ4n) is 3.93. The lowest BCUT2D eigenvalue weighted by atomic mass is 9.92. The highest BCUT2D eigenvalue weighted by Crippen LogP contribution is 2.36. The average Bonchev–Trinajstić information content (AvgIpc) is 3.20. The molecule has 2 aromatic carbocycles. The molecule has 0 unspecified atom stereocenters. The Labute approximate surface area is 143 Å². The molecule has 0 amide bonds. The van der Waals surface area contributed by atoms with Gasteiger partial charge in [-0.2, -0.15) is 0 Å². The van der Waals surface area contributed by atoms with Crippen LogP contribution in [-0.4, -0.2) is 9.13 Å². The number of aromatic nitrogens is 2. The van der Waals surface area contributed by atoms with Gasteiger partial charge in [-0.05, 0) is 37.1 Å². The van der Waals surface area contributed by atoms with Crippen molar-refractivity contribution in [1.29, 1.82) is 0 Å². The van der Waals surface area contributed by atoms with Gasteiger partial charge in [0.15, 0.2) is 0 Å². The molecule has 0 aliphatic carbocycles. The third kappa shape index (κ3) is 2.17. The Morgan fingerprint density at radius 1 is 0.708 bits per heavy atom. The van der Waals surface area contributed by atoms with Gasteiger partial charge in [0.1, 0.15) is 0 Å². The maximum absolute atomic E-state index is 2.36. The Morgan fingerprint density at radius 3 is 1.54 bits per heavy atom. The van der Waals surface area contributed by atoms with Crippen molar-refractivity contribution in [1.82, 2.24) is 9.13 Å². The molecule has 0 saturated heterocycles. The molecule has 0 N–H and O–H groups in total. The van der Waals surface area contributed by atoms with Crippen molar-refractivity contribution < 1.29 is 0 Å². The quantitative estimate of drug-likeness (QED) is 0.451. The van der Waals surface area contributed by atoms with Crippen molar-refractivity contribution in [2.24, 2.45) is 0 Å². The van der Waals surface area contributed by atoms with Crippen LogP contribution in [0.4, 0.5) is 0 Å². The summed E-state index contributed by atoms with van der Waals surface area (Å²) in [5, 5.41) is 2.75. The van der Waals surface area contributed by atoms with Gasteiger partial charge in [0, 0.05) is 53.2 Å². The molecule has 122 valence electrons. The standard InChI is InChI=1S/C22H24N2/c1-4-23-14-19(17-10-6-8-12-21(17)23)16(3)20-15-24(5-2)22-13-9-7-11-18(20)22/h6-16H,4-5H2,1-3H3. The Balaban J connectivity index is 1.93. The lowest BCUT2D eigenvalue weighted by Gasteiger charge is -2.10. The largest absolute Gasteiger partial charge is 0.347 e. The number of benzene rings is 2. The number of rotatable bonds is 4. The summed E-state index contributed by atoms with van der Waals surface area (Å²) in [6.07, 6.45) is 4.68. The molecule has 2 heterocycles. The number of hydrogen-bond donors (Lipinski definition) is 0. The minimum Gasteiger partial charge on any atom is -0.347 e. The van der Waals surface area contributed by atoms with Crippen LogP contribution >= 0.6 is 0 Å². The molecule has 0 spiro atoms. The van der Waals surface area contributed by atoms with Gasteiger partial charge in [-0.25, -0.2) is 0 Å². The smallest absolute Gasteiger partial charge is 0.0483 e. The minimum absolute atomic E-state index is 0.375. The zero-order valence-electron chi connectivity index (χ0n) is 14.7. The molecular weight excluding hydrogens is 292 g/mol. The monoisotopic (exact) mass is 316 g/mol. The van der Waals surface area contributed by atoms with Crippen LogP contribution in [0.1, 0.15) is 37.8 Å². The first-order valence-corrected chi connectivity index (χ1v) is 8.90. The van der Waals surface area contributed by atoms with E-state index in [0.717, 1.165) is 13.1 Å². The van der Waals surface area contributed by atoms with Crippen LogP contribution in [0.25, 0.3) is 21.8 Å². The van der Waals surface area contributed by atoms with Crippen molar-refractivity contribution in [3.8, 4) is 0 Å². The summed E-state index contributed by atoms with van der Waals surface area (Å²) in [7, 11) is 0. The van der Waals surface area contributed by atoms with Crippen LogP contribution in [0, 0.1) is 0 Å². The highest BCUT2D eigenvalue weighted by atomic mass is 15.0. The third-order valence-corrected chi connectivity index (χ3v) is 5.25. The van der Waals surface area contributed by atoms with Gasteiger partial charge in [-0.3, -0.25) is 0 Å². The maximum atomic E-state index is 2.36. The van der Waals surface area contributed by atoms with Crippen LogP contribution in [0.15, 0.2) is 60.9 Å². The molecule has 0 aliphatic rings. The minimum atomic E-state index is 0.375. The van der Waals surface area contributed by atoms with Gasteiger partial charge in [0.05, 0.1) is 0 Å². The van der Waals surface area contributed by atoms with Crippen LogP contribution in [-0.2, 0) is 13.1 Å². The Morgan fingerprint density at radius 2 is 1.12 bits per heavy atom. The summed E-state index contributed by atoms with van der Waals surface area (Å²) < 4.78 is 4.72. The van der Waals surface area contributed by atoms with E-state index in [1.54, 1.807) is 0 Å². The van der Waals surface area contributed by atoms with Crippen LogP contribution < -0.4 is 0 Å². The highest BCUT2D eigenvalue weighted by Gasteiger charge is 2.19. The number of aryl methyl sites for hydroxylation is 2. The topological polar surface area (TPSA) is 9.86 Å². The van der Waals surface area contributed by atoms with Gasteiger partial charge in [-0.1, -0.05) is 43.3 Å². The summed E-state index contributed by atoms with van der Waals surface area (Å²) in [4.78, 5) is 0. The summed E-state index contributed by atoms with van der Waals surface area (Å²) in [6.45, 7) is 8.77. The SMILES string of the molecule is CCn1cc(C(C)c2cn(CC)c3ccccc23)c2ccccc21. The third-order valence-electron chi connectivity index (χ3n) is 5.25. The first-order valence-electron chi connectivity index (χ1n) is 8.90. The van der Waals surface area contributed by atoms with Gasteiger partial charge >= 0.3 is 0 Å². The van der Waals surface area contributed by atoms with Gasteiger partial charge in [0.25, 0.3) is 0 Å². The van der Waals surface area contributed by atoms with Crippen molar-refractivity contribution in [2.45, 2.75) is 39.8 Å². The Bertz CT molecular complexity index is 921. The van der Waals surface area contributed by atoms with E-state index in [9.17, 15) is 0 Å². The van der Waals surface area contributed by atoms with E-state index in [4.69, 9.17) is 0 Å². The van der Waals surface area contributed by atoms with Crippen LogP contribution in [0.2, 0.25) is 0 Å². The predicted octanol–water partition coefficient (Wildman–Crippen LogP) is 5.79. The zero-order valence-corrected chi connectivity index (χ0v) is 14.7. The van der Waals surface area contributed by atoms with Gasteiger partial charge in [-0.15, -0.1) is 0 Å². The second kappa shape index (κ2) is 5.86. The summed E-state index contributed by atoms with van der Waals surface area (Å²) in [5.41, 5.74) is 5.51. The molecule has 0 atom stereocenters. The second-order valence-electron chi connectivity index (χ2n) is 6.50. The average molecular weight is 316 g/mol. The highest BCUT2D eigenvalue weighted by molar-refractivity contribution is 5.88. The number of para-hydroxylation sites is 2. The normalized spacial score (nSPS) is 11.8. The molecule has 0 radical (unpaired) electrons. The molecule has 0 aliphatic heterocycles. The summed E-state index contributed by atoms with van der Waals surface area (Å²) in [5.74, 6) is 0.375. The van der Waals surface area contributed by atoms with E-state index >= 15 is 0 Å². The summed E-state index contributed by atoms with van der Waals surface area (Å²) >= 11 is 0. The lowest BCUT2D eigenvalue weighted by molar-refractivity contribution is 0.777.